The molecule has 1 aromatic heterocycles. The Morgan fingerprint density at radius 1 is 1.28 bits per heavy atom. The highest BCUT2D eigenvalue weighted by Gasteiger charge is 2.32. The highest BCUT2D eigenvalue weighted by Crippen LogP contribution is 2.34. The second kappa shape index (κ2) is 8.01. The number of carbonyl (C=O) groups excluding carboxylic acids is 1. The maximum Gasteiger partial charge on any atom is 0.317 e. The zero-order chi connectivity index (χ0) is 17.6. The largest absolute Gasteiger partial charge is 0.473 e. The fraction of sp³-hybridized carbons (Fsp3) is 0.400. The summed E-state index contributed by atoms with van der Waals surface area (Å²) in [6, 6.07) is 14.0. The average molecular weight is 339 g/mol. The summed E-state index contributed by atoms with van der Waals surface area (Å²) in [6.07, 6.45) is 4.16. The van der Waals surface area contributed by atoms with E-state index in [2.05, 4.69) is 17.2 Å². The summed E-state index contributed by atoms with van der Waals surface area (Å²) in [5.41, 5.74) is 2.07. The second-order valence-corrected chi connectivity index (χ2v) is 6.62. The summed E-state index contributed by atoms with van der Waals surface area (Å²) in [5, 5.41) is 2.97. The summed E-state index contributed by atoms with van der Waals surface area (Å²) >= 11 is 0. The number of hydrogen-bond donors (Lipinski definition) is 1. The lowest BCUT2D eigenvalue weighted by Crippen LogP contribution is -2.42. The second-order valence-electron chi connectivity index (χ2n) is 6.62. The maximum absolute atomic E-state index is 12.3. The number of hydrogen-bond acceptors (Lipinski definition) is 3. The van der Waals surface area contributed by atoms with E-state index < -0.39 is 0 Å². The summed E-state index contributed by atoms with van der Waals surface area (Å²) < 4.78 is 5.73. The fourth-order valence-corrected chi connectivity index (χ4v) is 2.75. The summed E-state index contributed by atoms with van der Waals surface area (Å²) in [7, 11) is 1.86. The number of carbonyl (C=O) groups is 1. The molecule has 1 heterocycles. The van der Waals surface area contributed by atoms with Crippen LogP contribution < -0.4 is 10.1 Å². The molecule has 1 saturated carbocycles. The minimum Gasteiger partial charge on any atom is -0.473 e. The molecule has 1 aliphatic carbocycles. The van der Waals surface area contributed by atoms with Crippen molar-refractivity contribution in [3.8, 4) is 5.88 Å². The Balaban J connectivity index is 1.50. The molecule has 5 nitrogen and oxygen atoms in total. The molecule has 1 aliphatic rings. The SMILES string of the molecule is CC(C1CC1)N(C)C(=O)NCc1ccnc(OCc2ccccc2)c1. The van der Waals surface area contributed by atoms with E-state index in [1.165, 1.54) is 12.8 Å². The van der Waals surface area contributed by atoms with Crippen LogP contribution in [0.1, 0.15) is 30.9 Å². The van der Waals surface area contributed by atoms with Gasteiger partial charge in [0.2, 0.25) is 5.88 Å². The molecule has 0 aliphatic heterocycles. The van der Waals surface area contributed by atoms with Crippen LogP contribution in [0.15, 0.2) is 48.7 Å². The summed E-state index contributed by atoms with van der Waals surface area (Å²) in [6.45, 7) is 3.05. The zero-order valence-electron chi connectivity index (χ0n) is 14.8. The van der Waals surface area contributed by atoms with Gasteiger partial charge in [0.1, 0.15) is 6.61 Å². The molecule has 1 aromatic carbocycles. The van der Waals surface area contributed by atoms with Crippen LogP contribution in [0.4, 0.5) is 4.79 Å². The van der Waals surface area contributed by atoms with E-state index in [1.807, 2.05) is 49.5 Å². The molecule has 0 saturated heterocycles. The normalized spacial score (nSPS) is 14.6. The van der Waals surface area contributed by atoms with E-state index in [9.17, 15) is 4.79 Å². The molecule has 2 amide bonds. The van der Waals surface area contributed by atoms with Crippen molar-refractivity contribution in [3.05, 3.63) is 59.8 Å². The number of nitrogens with one attached hydrogen (secondary N) is 1. The maximum atomic E-state index is 12.3. The number of rotatable bonds is 7. The molecule has 5 heteroatoms. The van der Waals surface area contributed by atoms with Crippen molar-refractivity contribution in [3.63, 3.8) is 0 Å². The number of aromatic nitrogens is 1. The van der Waals surface area contributed by atoms with E-state index in [0.717, 1.165) is 11.1 Å². The van der Waals surface area contributed by atoms with E-state index in [0.29, 0.717) is 31.0 Å². The molecular formula is C20H25N3O2. The zero-order valence-corrected chi connectivity index (χ0v) is 14.8. The molecule has 132 valence electrons. The standard InChI is InChI=1S/C20H25N3O2/c1-15(18-8-9-18)23(2)20(24)22-13-17-10-11-21-19(12-17)25-14-16-6-4-3-5-7-16/h3-7,10-12,15,18H,8-9,13-14H2,1-2H3,(H,22,24). The Morgan fingerprint density at radius 2 is 2.04 bits per heavy atom. The molecule has 25 heavy (non-hydrogen) atoms. The van der Waals surface area contributed by atoms with Crippen LogP contribution in [-0.2, 0) is 13.2 Å². The molecule has 0 bridgehead atoms. The highest BCUT2D eigenvalue weighted by molar-refractivity contribution is 5.74. The van der Waals surface area contributed by atoms with Crippen LogP contribution in [0, 0.1) is 5.92 Å². The van der Waals surface area contributed by atoms with Crippen molar-refractivity contribution in [2.24, 2.45) is 5.92 Å². The van der Waals surface area contributed by atoms with Gasteiger partial charge in [-0.3, -0.25) is 0 Å². The predicted octanol–water partition coefficient (Wildman–Crippen LogP) is 3.60. The van der Waals surface area contributed by atoms with Crippen molar-refractivity contribution in [2.75, 3.05) is 7.05 Å². The van der Waals surface area contributed by atoms with Crippen LogP contribution in [0.5, 0.6) is 5.88 Å². The van der Waals surface area contributed by atoms with Gasteiger partial charge in [-0.15, -0.1) is 0 Å². The summed E-state index contributed by atoms with van der Waals surface area (Å²) in [4.78, 5) is 18.3. The lowest BCUT2D eigenvalue weighted by atomic mass is 10.2. The van der Waals surface area contributed by atoms with Gasteiger partial charge in [-0.2, -0.15) is 0 Å². The first-order valence-corrected chi connectivity index (χ1v) is 8.76. The van der Waals surface area contributed by atoms with Crippen LogP contribution in [0.3, 0.4) is 0 Å². The Kier molecular flexibility index (Phi) is 5.53. The molecule has 2 aromatic rings. The quantitative estimate of drug-likeness (QED) is 0.838. The van der Waals surface area contributed by atoms with Crippen LogP contribution in [-0.4, -0.2) is 29.0 Å². The number of urea groups is 1. The van der Waals surface area contributed by atoms with Crippen LogP contribution in [0.2, 0.25) is 0 Å². The van der Waals surface area contributed by atoms with E-state index in [1.54, 1.807) is 11.1 Å². The third kappa shape index (κ3) is 4.95. The number of benzene rings is 1. The predicted molar refractivity (Wildman–Crippen MR) is 97.2 cm³/mol. The Labute approximate surface area is 149 Å². The van der Waals surface area contributed by atoms with Gasteiger partial charge in [-0.25, -0.2) is 9.78 Å². The van der Waals surface area contributed by atoms with E-state index in [4.69, 9.17) is 4.74 Å². The lowest BCUT2D eigenvalue weighted by Gasteiger charge is -2.25. The fourth-order valence-electron chi connectivity index (χ4n) is 2.75. The van der Waals surface area contributed by atoms with Gasteiger partial charge in [0.05, 0.1) is 0 Å². The third-order valence-electron chi connectivity index (χ3n) is 4.71. The monoisotopic (exact) mass is 339 g/mol. The lowest BCUT2D eigenvalue weighted by molar-refractivity contribution is 0.187. The van der Waals surface area contributed by atoms with Crippen molar-refractivity contribution in [1.29, 1.82) is 0 Å². The number of pyridine rings is 1. The first kappa shape index (κ1) is 17.3. The van der Waals surface area contributed by atoms with Crippen molar-refractivity contribution in [1.82, 2.24) is 15.2 Å². The molecular weight excluding hydrogens is 314 g/mol. The number of ether oxygens (including phenoxy) is 1. The van der Waals surface area contributed by atoms with Gasteiger partial charge in [-0.1, -0.05) is 30.3 Å². The van der Waals surface area contributed by atoms with Gasteiger partial charge < -0.3 is 15.0 Å². The Morgan fingerprint density at radius 3 is 2.76 bits per heavy atom. The summed E-state index contributed by atoms with van der Waals surface area (Å²) in [5.74, 6) is 1.23. The molecule has 1 N–H and O–H groups in total. The third-order valence-corrected chi connectivity index (χ3v) is 4.71. The van der Waals surface area contributed by atoms with Crippen LogP contribution in [0.25, 0.3) is 0 Å². The van der Waals surface area contributed by atoms with Crippen LogP contribution >= 0.6 is 0 Å². The molecule has 1 atom stereocenters. The minimum absolute atomic E-state index is 0.0389. The first-order valence-electron chi connectivity index (χ1n) is 8.76. The molecule has 0 radical (unpaired) electrons. The molecule has 0 spiro atoms. The minimum atomic E-state index is -0.0389. The van der Waals surface area contributed by atoms with E-state index in [-0.39, 0.29) is 6.03 Å². The van der Waals surface area contributed by atoms with Gasteiger partial charge in [0.25, 0.3) is 0 Å². The topological polar surface area (TPSA) is 54.5 Å². The van der Waals surface area contributed by atoms with Gasteiger partial charge >= 0.3 is 6.03 Å². The first-order chi connectivity index (χ1) is 12.1. The Bertz CT molecular complexity index is 701. The molecule has 1 unspecified atom stereocenters. The van der Waals surface area contributed by atoms with Crippen molar-refractivity contribution >= 4 is 6.03 Å². The number of amides is 2. The highest BCUT2D eigenvalue weighted by atomic mass is 16.5. The molecule has 3 rings (SSSR count). The van der Waals surface area contributed by atoms with Crippen molar-refractivity contribution < 1.29 is 9.53 Å². The average Bonchev–Trinajstić information content (AvgIpc) is 3.49. The smallest absolute Gasteiger partial charge is 0.317 e. The van der Waals surface area contributed by atoms with Gasteiger partial charge in [0.15, 0.2) is 0 Å². The number of nitrogens with zero attached hydrogens (tertiary/aromatic N) is 2. The van der Waals surface area contributed by atoms with Gasteiger partial charge in [0, 0.05) is 31.9 Å². The van der Waals surface area contributed by atoms with E-state index >= 15 is 0 Å². The Hall–Kier alpha value is -2.56. The van der Waals surface area contributed by atoms with Crippen molar-refractivity contribution in [2.45, 2.75) is 39.0 Å². The molecule has 1 fully saturated rings. The van der Waals surface area contributed by atoms with Gasteiger partial charge in [-0.05, 0) is 42.9 Å².